The van der Waals surface area contributed by atoms with Crippen LogP contribution < -0.4 is 5.32 Å². The summed E-state index contributed by atoms with van der Waals surface area (Å²) in [7, 11) is 0. The molecule has 0 fully saturated rings. The number of carbonyl (C=O) groups is 2. The average Bonchev–Trinajstić information content (AvgIpc) is 2.43. The van der Waals surface area contributed by atoms with E-state index in [4.69, 9.17) is 4.74 Å². The van der Waals surface area contributed by atoms with Crippen molar-refractivity contribution in [2.24, 2.45) is 5.92 Å². The maximum atomic E-state index is 13.1. The zero-order valence-electron chi connectivity index (χ0n) is 13.3. The predicted octanol–water partition coefficient (Wildman–Crippen LogP) is 3.27. The molecule has 0 saturated heterocycles. The average molecular weight is 310 g/mol. The Morgan fingerprint density at radius 1 is 1.36 bits per heavy atom. The van der Waals surface area contributed by atoms with Crippen molar-refractivity contribution in [3.05, 3.63) is 30.1 Å². The lowest BCUT2D eigenvalue weighted by atomic mass is 10.2. The molecule has 2 amide bonds. The number of rotatable bonds is 7. The molecule has 0 spiro atoms. The van der Waals surface area contributed by atoms with Gasteiger partial charge in [0.1, 0.15) is 5.82 Å². The quantitative estimate of drug-likeness (QED) is 0.786. The number of anilines is 1. The van der Waals surface area contributed by atoms with Crippen LogP contribution in [0, 0.1) is 11.7 Å². The largest absolute Gasteiger partial charge is 0.466 e. The van der Waals surface area contributed by atoms with Crippen LogP contribution in [0.2, 0.25) is 0 Å². The summed E-state index contributed by atoms with van der Waals surface area (Å²) in [4.78, 5) is 25.2. The minimum Gasteiger partial charge on any atom is -0.466 e. The Morgan fingerprint density at radius 3 is 2.68 bits per heavy atom. The van der Waals surface area contributed by atoms with Gasteiger partial charge in [0.15, 0.2) is 0 Å². The van der Waals surface area contributed by atoms with Crippen LogP contribution in [-0.2, 0) is 9.53 Å². The summed E-state index contributed by atoms with van der Waals surface area (Å²) in [5.41, 5.74) is 0.384. The van der Waals surface area contributed by atoms with E-state index in [1.54, 1.807) is 13.0 Å². The molecular weight excluding hydrogens is 287 g/mol. The van der Waals surface area contributed by atoms with Gasteiger partial charge in [-0.05, 0) is 31.0 Å². The highest BCUT2D eigenvalue weighted by Crippen LogP contribution is 2.11. The first-order valence-corrected chi connectivity index (χ1v) is 7.39. The first-order valence-electron chi connectivity index (χ1n) is 7.39. The molecule has 0 atom stereocenters. The number of nitrogens with one attached hydrogen (secondary N) is 1. The Balaban J connectivity index is 2.65. The van der Waals surface area contributed by atoms with Crippen LogP contribution >= 0.6 is 0 Å². The van der Waals surface area contributed by atoms with Gasteiger partial charge in [0.2, 0.25) is 0 Å². The van der Waals surface area contributed by atoms with Gasteiger partial charge < -0.3 is 15.0 Å². The van der Waals surface area contributed by atoms with Gasteiger partial charge in [-0.25, -0.2) is 9.18 Å². The van der Waals surface area contributed by atoms with Crippen LogP contribution in [0.15, 0.2) is 24.3 Å². The standard InChI is InChI=1S/C16H23FN2O3/c1-4-22-15(20)8-9-19(11-12(2)3)16(21)18-14-7-5-6-13(17)10-14/h5-7,10,12H,4,8-9,11H2,1-3H3,(H,18,21). The number of carbonyl (C=O) groups excluding carboxylic acids is 2. The first kappa shape index (κ1) is 17.9. The Morgan fingerprint density at radius 2 is 2.09 bits per heavy atom. The van der Waals surface area contributed by atoms with E-state index < -0.39 is 5.82 Å². The summed E-state index contributed by atoms with van der Waals surface area (Å²) >= 11 is 0. The number of nitrogens with zero attached hydrogens (tertiary/aromatic N) is 1. The minimum absolute atomic E-state index is 0.136. The maximum Gasteiger partial charge on any atom is 0.321 e. The van der Waals surface area contributed by atoms with Crippen LogP contribution in [0.3, 0.4) is 0 Å². The number of esters is 1. The number of hydrogen-bond acceptors (Lipinski definition) is 3. The second-order valence-corrected chi connectivity index (χ2v) is 5.34. The number of hydrogen-bond donors (Lipinski definition) is 1. The van der Waals surface area contributed by atoms with Crippen LogP contribution in [0.4, 0.5) is 14.9 Å². The molecule has 1 aromatic carbocycles. The molecule has 1 N–H and O–H groups in total. The number of halogens is 1. The summed E-state index contributed by atoms with van der Waals surface area (Å²) in [6, 6.07) is 5.33. The molecule has 0 saturated carbocycles. The summed E-state index contributed by atoms with van der Waals surface area (Å²) in [5, 5.41) is 2.64. The number of ether oxygens (including phenoxy) is 1. The number of urea groups is 1. The molecule has 122 valence electrons. The van der Waals surface area contributed by atoms with E-state index in [2.05, 4.69) is 5.32 Å². The van der Waals surface area contributed by atoms with Crippen molar-refractivity contribution in [1.29, 1.82) is 0 Å². The lowest BCUT2D eigenvalue weighted by Gasteiger charge is -2.24. The van der Waals surface area contributed by atoms with Gasteiger partial charge in [-0.15, -0.1) is 0 Å². The van der Waals surface area contributed by atoms with Gasteiger partial charge in [0, 0.05) is 18.8 Å². The monoisotopic (exact) mass is 310 g/mol. The molecule has 0 unspecified atom stereocenters. The van der Waals surface area contributed by atoms with Gasteiger partial charge in [0.05, 0.1) is 13.0 Å². The molecule has 0 heterocycles. The Bertz CT molecular complexity index is 506. The summed E-state index contributed by atoms with van der Waals surface area (Å²) in [6.07, 6.45) is 0.136. The normalized spacial score (nSPS) is 10.4. The Kier molecular flexibility index (Phi) is 7.36. The fourth-order valence-electron chi connectivity index (χ4n) is 1.94. The van der Waals surface area contributed by atoms with Crippen LogP contribution in [-0.4, -0.2) is 36.6 Å². The summed E-state index contributed by atoms with van der Waals surface area (Å²) < 4.78 is 18.0. The third-order valence-electron chi connectivity index (χ3n) is 2.84. The topological polar surface area (TPSA) is 58.6 Å². The van der Waals surface area contributed by atoms with Crippen molar-refractivity contribution >= 4 is 17.7 Å². The molecule has 0 aliphatic rings. The second kappa shape index (κ2) is 9.02. The van der Waals surface area contributed by atoms with Crippen LogP contribution in [0.1, 0.15) is 27.2 Å². The predicted molar refractivity (Wildman–Crippen MR) is 83.1 cm³/mol. The van der Waals surface area contributed by atoms with Crippen molar-refractivity contribution in [3.63, 3.8) is 0 Å². The van der Waals surface area contributed by atoms with Gasteiger partial charge in [-0.2, -0.15) is 0 Å². The molecule has 22 heavy (non-hydrogen) atoms. The van der Waals surface area contributed by atoms with Crippen molar-refractivity contribution in [2.45, 2.75) is 27.2 Å². The zero-order valence-corrected chi connectivity index (χ0v) is 13.3. The molecule has 1 rings (SSSR count). The summed E-state index contributed by atoms with van der Waals surface area (Å²) in [6.45, 7) is 6.78. The maximum absolute atomic E-state index is 13.1. The van der Waals surface area contributed by atoms with E-state index in [0.717, 1.165) is 0 Å². The van der Waals surface area contributed by atoms with E-state index in [1.165, 1.54) is 23.1 Å². The molecule has 5 nitrogen and oxygen atoms in total. The second-order valence-electron chi connectivity index (χ2n) is 5.34. The van der Waals surface area contributed by atoms with Gasteiger partial charge in [0.25, 0.3) is 0 Å². The first-order chi connectivity index (χ1) is 10.4. The van der Waals surface area contributed by atoms with E-state index in [-0.39, 0.29) is 30.9 Å². The Labute approximate surface area is 130 Å². The lowest BCUT2D eigenvalue weighted by Crippen LogP contribution is -2.39. The molecular formula is C16H23FN2O3. The van der Waals surface area contributed by atoms with Crippen molar-refractivity contribution in [1.82, 2.24) is 4.90 Å². The molecule has 0 aromatic heterocycles. The summed E-state index contributed by atoms with van der Waals surface area (Å²) in [5.74, 6) is -0.505. The SMILES string of the molecule is CCOC(=O)CCN(CC(C)C)C(=O)Nc1cccc(F)c1. The van der Waals surface area contributed by atoms with Crippen LogP contribution in [0.25, 0.3) is 0 Å². The highest BCUT2D eigenvalue weighted by atomic mass is 19.1. The van der Waals surface area contributed by atoms with Gasteiger partial charge in [-0.3, -0.25) is 4.79 Å². The number of amides is 2. The van der Waals surface area contributed by atoms with Crippen molar-refractivity contribution in [3.8, 4) is 0 Å². The molecule has 0 aliphatic heterocycles. The highest BCUT2D eigenvalue weighted by molar-refractivity contribution is 5.89. The minimum atomic E-state index is -0.417. The van der Waals surface area contributed by atoms with E-state index in [1.807, 2.05) is 13.8 Å². The molecule has 0 bridgehead atoms. The van der Waals surface area contributed by atoms with Crippen molar-refractivity contribution in [2.75, 3.05) is 25.0 Å². The third kappa shape index (κ3) is 6.56. The third-order valence-corrected chi connectivity index (χ3v) is 2.84. The van der Waals surface area contributed by atoms with E-state index in [9.17, 15) is 14.0 Å². The number of benzene rings is 1. The highest BCUT2D eigenvalue weighted by Gasteiger charge is 2.17. The Hall–Kier alpha value is -2.11. The van der Waals surface area contributed by atoms with Gasteiger partial charge >= 0.3 is 12.0 Å². The fourth-order valence-corrected chi connectivity index (χ4v) is 1.94. The zero-order chi connectivity index (χ0) is 16.5. The smallest absolute Gasteiger partial charge is 0.321 e. The van der Waals surface area contributed by atoms with E-state index in [0.29, 0.717) is 18.8 Å². The lowest BCUT2D eigenvalue weighted by molar-refractivity contribution is -0.143. The molecule has 1 aromatic rings. The van der Waals surface area contributed by atoms with Crippen molar-refractivity contribution < 1.29 is 18.7 Å². The van der Waals surface area contributed by atoms with Gasteiger partial charge in [-0.1, -0.05) is 19.9 Å². The molecule has 6 heteroatoms. The molecule has 0 radical (unpaired) electrons. The van der Waals surface area contributed by atoms with Crippen LogP contribution in [0.5, 0.6) is 0 Å². The van der Waals surface area contributed by atoms with E-state index >= 15 is 0 Å². The fraction of sp³-hybridized carbons (Fsp3) is 0.500. The molecule has 0 aliphatic carbocycles.